The van der Waals surface area contributed by atoms with Gasteiger partial charge in [-0.15, -0.1) is 0 Å². The summed E-state index contributed by atoms with van der Waals surface area (Å²) in [5.74, 6) is 1.62. The summed E-state index contributed by atoms with van der Waals surface area (Å²) in [6, 6.07) is 17.5. The summed E-state index contributed by atoms with van der Waals surface area (Å²) in [5, 5.41) is 0. The van der Waals surface area contributed by atoms with Crippen LogP contribution in [0.5, 0.6) is 11.5 Å². The first-order valence-corrected chi connectivity index (χ1v) is 9.26. The maximum atomic E-state index is 12.6. The number of hydrogen-bond acceptors (Lipinski definition) is 3. The van der Waals surface area contributed by atoms with Gasteiger partial charge in [0, 0.05) is 6.07 Å². The van der Waals surface area contributed by atoms with Crippen LogP contribution in [0.25, 0.3) is 24.3 Å². The Hall–Kier alpha value is -3.31. The highest BCUT2D eigenvalue weighted by atomic mass is 35.5. The van der Waals surface area contributed by atoms with Crippen molar-refractivity contribution < 1.29 is 26.4 Å². The number of aromatic nitrogens is 2. The maximum Gasteiger partial charge on any atom is 0.498 e. The zero-order chi connectivity index (χ0) is 20.8. The minimum absolute atomic E-state index is 0. The van der Waals surface area contributed by atoms with Crippen molar-refractivity contribution in [1.29, 1.82) is 0 Å². The molecule has 6 heteroatoms. The molecule has 0 saturated carbocycles. The van der Waals surface area contributed by atoms with Crippen LogP contribution in [0.4, 0.5) is 0 Å². The van der Waals surface area contributed by atoms with Crippen LogP contribution in [0.3, 0.4) is 0 Å². The molecule has 0 aliphatic heterocycles. The van der Waals surface area contributed by atoms with Gasteiger partial charge < -0.3 is 21.9 Å². The molecule has 2 aromatic carbocycles. The SMILES string of the molecule is COc1ccc(C=Cc2cc(C=Cc3ccc(OC)cc3)[n+](C)c(=O)n2C)cc1.[Cl-]. The minimum atomic E-state index is -0.0868. The van der Waals surface area contributed by atoms with Crippen molar-refractivity contribution in [3.05, 3.63) is 87.6 Å². The molecule has 5 nitrogen and oxygen atoms in total. The zero-order valence-corrected chi connectivity index (χ0v) is 18.3. The lowest BCUT2D eigenvalue weighted by Crippen LogP contribution is -3.00. The van der Waals surface area contributed by atoms with Crippen molar-refractivity contribution in [3.8, 4) is 11.5 Å². The van der Waals surface area contributed by atoms with Gasteiger partial charge in [0.15, 0.2) is 0 Å². The molecular formula is C24H25ClN2O3. The number of ether oxygens (including phenoxy) is 2. The van der Waals surface area contributed by atoms with E-state index in [1.807, 2.05) is 78.9 Å². The van der Waals surface area contributed by atoms with Gasteiger partial charge in [-0.1, -0.05) is 36.4 Å². The van der Waals surface area contributed by atoms with E-state index in [0.29, 0.717) is 0 Å². The Kier molecular flexibility index (Phi) is 8.01. The molecule has 0 atom stereocenters. The van der Waals surface area contributed by atoms with E-state index in [9.17, 15) is 4.79 Å². The third kappa shape index (κ3) is 5.39. The standard InChI is InChI=1S/C24H25N2O3.ClH/c1-25-20(11-5-18-7-13-22(28-3)14-8-18)17-21(26(2)24(25)27)12-6-19-9-15-23(29-4)16-10-19;/h5-17H,1-4H3;1H/q+1;/p-1. The highest BCUT2D eigenvalue weighted by molar-refractivity contribution is 5.71. The Balaban J connectivity index is 0.00000320. The molecule has 0 amide bonds. The van der Waals surface area contributed by atoms with E-state index in [4.69, 9.17) is 9.47 Å². The molecule has 156 valence electrons. The average molecular weight is 425 g/mol. The number of nitrogens with zero attached hydrogens (tertiary/aromatic N) is 2. The van der Waals surface area contributed by atoms with Crippen LogP contribution in [0.1, 0.15) is 22.5 Å². The Morgan fingerprint density at radius 1 is 0.800 bits per heavy atom. The fourth-order valence-electron chi connectivity index (χ4n) is 2.90. The van der Waals surface area contributed by atoms with Crippen LogP contribution >= 0.6 is 0 Å². The van der Waals surface area contributed by atoms with Crippen molar-refractivity contribution >= 4 is 24.3 Å². The lowest BCUT2D eigenvalue weighted by Gasteiger charge is -2.03. The van der Waals surface area contributed by atoms with Crippen LogP contribution in [0, 0.1) is 0 Å². The van der Waals surface area contributed by atoms with Gasteiger partial charge in [-0.2, -0.15) is 13.9 Å². The molecule has 0 bridgehead atoms. The summed E-state index contributed by atoms with van der Waals surface area (Å²) in [5.41, 5.74) is 3.61. The molecule has 0 aliphatic rings. The summed E-state index contributed by atoms with van der Waals surface area (Å²) >= 11 is 0. The molecule has 0 saturated heterocycles. The minimum Gasteiger partial charge on any atom is -1.00 e. The topological polar surface area (TPSA) is 44.3 Å². The number of methoxy groups -OCH3 is 2. The lowest BCUT2D eigenvalue weighted by atomic mass is 10.1. The molecule has 0 N–H and O–H groups in total. The van der Waals surface area contributed by atoms with Crippen molar-refractivity contribution in [2.24, 2.45) is 14.1 Å². The predicted molar refractivity (Wildman–Crippen MR) is 117 cm³/mol. The second-order valence-electron chi connectivity index (χ2n) is 6.61. The molecule has 0 spiro atoms. The molecule has 30 heavy (non-hydrogen) atoms. The second kappa shape index (κ2) is 10.5. The number of halogens is 1. The summed E-state index contributed by atoms with van der Waals surface area (Å²) < 4.78 is 13.6. The summed E-state index contributed by atoms with van der Waals surface area (Å²) in [4.78, 5) is 12.6. The predicted octanol–water partition coefficient (Wildman–Crippen LogP) is 0.572. The maximum absolute atomic E-state index is 12.6. The quantitative estimate of drug-likeness (QED) is 0.543. The van der Waals surface area contributed by atoms with Crippen molar-refractivity contribution in [1.82, 2.24) is 4.57 Å². The van der Waals surface area contributed by atoms with Gasteiger partial charge in [0.05, 0.1) is 28.3 Å². The van der Waals surface area contributed by atoms with E-state index in [1.54, 1.807) is 37.4 Å². The fraction of sp³-hybridized carbons (Fsp3) is 0.167. The Labute approximate surface area is 182 Å². The van der Waals surface area contributed by atoms with Gasteiger partial charge >= 0.3 is 5.69 Å². The van der Waals surface area contributed by atoms with E-state index < -0.39 is 0 Å². The molecule has 0 fully saturated rings. The second-order valence-corrected chi connectivity index (χ2v) is 6.61. The van der Waals surface area contributed by atoms with Crippen LogP contribution < -0.4 is 32.1 Å². The molecule has 1 aromatic heterocycles. The highest BCUT2D eigenvalue weighted by Gasteiger charge is 2.12. The highest BCUT2D eigenvalue weighted by Crippen LogP contribution is 2.15. The zero-order valence-electron chi connectivity index (χ0n) is 17.5. The monoisotopic (exact) mass is 424 g/mol. The van der Waals surface area contributed by atoms with Crippen molar-refractivity contribution in [2.45, 2.75) is 0 Å². The third-order valence-electron chi connectivity index (χ3n) is 4.77. The van der Waals surface area contributed by atoms with E-state index in [1.165, 1.54) is 0 Å². The average Bonchev–Trinajstić information content (AvgIpc) is 2.77. The lowest BCUT2D eigenvalue weighted by molar-refractivity contribution is -0.692. The molecule has 0 radical (unpaired) electrons. The number of rotatable bonds is 6. The van der Waals surface area contributed by atoms with Crippen LogP contribution in [-0.2, 0) is 14.1 Å². The molecule has 1 heterocycles. The van der Waals surface area contributed by atoms with Crippen molar-refractivity contribution in [2.75, 3.05) is 14.2 Å². The van der Waals surface area contributed by atoms with E-state index in [-0.39, 0.29) is 18.1 Å². The van der Waals surface area contributed by atoms with E-state index >= 15 is 0 Å². The first-order valence-electron chi connectivity index (χ1n) is 9.26. The first kappa shape index (κ1) is 23.0. The van der Waals surface area contributed by atoms with Crippen molar-refractivity contribution in [3.63, 3.8) is 0 Å². The largest absolute Gasteiger partial charge is 1.00 e. The van der Waals surface area contributed by atoms with Gasteiger partial charge in [0.1, 0.15) is 22.9 Å². The fourth-order valence-corrected chi connectivity index (χ4v) is 2.90. The van der Waals surface area contributed by atoms with Crippen LogP contribution in [0.2, 0.25) is 0 Å². The van der Waals surface area contributed by atoms with Gasteiger partial charge in [-0.3, -0.25) is 0 Å². The molecule has 0 aliphatic carbocycles. The third-order valence-corrected chi connectivity index (χ3v) is 4.77. The Morgan fingerprint density at radius 3 is 1.73 bits per heavy atom. The normalized spacial score (nSPS) is 10.9. The van der Waals surface area contributed by atoms with Crippen LogP contribution in [-0.4, -0.2) is 18.8 Å². The van der Waals surface area contributed by atoms with Gasteiger partial charge in [-0.05, 0) is 47.5 Å². The Bertz CT molecular complexity index is 1010. The summed E-state index contributed by atoms with van der Waals surface area (Å²) in [6.07, 6.45) is 7.83. The van der Waals surface area contributed by atoms with Crippen LogP contribution in [0.15, 0.2) is 59.4 Å². The number of benzene rings is 2. The molecule has 0 unspecified atom stereocenters. The summed E-state index contributed by atoms with van der Waals surface area (Å²) in [6.45, 7) is 0. The van der Waals surface area contributed by atoms with E-state index in [2.05, 4.69) is 0 Å². The molecule has 3 aromatic rings. The smallest absolute Gasteiger partial charge is 0.498 e. The van der Waals surface area contributed by atoms with Gasteiger partial charge in [0.25, 0.3) is 0 Å². The summed E-state index contributed by atoms with van der Waals surface area (Å²) in [7, 11) is 6.83. The van der Waals surface area contributed by atoms with Gasteiger partial charge in [-0.25, -0.2) is 0 Å². The van der Waals surface area contributed by atoms with Gasteiger partial charge in [0.2, 0.25) is 0 Å². The number of hydrogen-bond donors (Lipinski definition) is 0. The Morgan fingerprint density at radius 2 is 1.27 bits per heavy atom. The van der Waals surface area contributed by atoms with E-state index in [0.717, 1.165) is 34.0 Å². The molecular weight excluding hydrogens is 400 g/mol. The molecule has 3 rings (SSSR count). The first-order chi connectivity index (χ1) is 14.0.